The molecule has 0 unspecified atom stereocenters. The van der Waals surface area contributed by atoms with Crippen molar-refractivity contribution < 1.29 is 4.79 Å². The highest BCUT2D eigenvalue weighted by molar-refractivity contribution is 7.20. The molecule has 0 bridgehead atoms. The minimum atomic E-state index is -0.434. The van der Waals surface area contributed by atoms with E-state index in [2.05, 4.69) is 27.2 Å². The molecule has 8 heteroatoms. The number of hydrogen-bond acceptors (Lipinski definition) is 6. The van der Waals surface area contributed by atoms with Crippen molar-refractivity contribution in [1.82, 2.24) is 19.9 Å². The molecule has 1 aliphatic rings. The number of carbonyl (C=O) groups is 1. The lowest BCUT2D eigenvalue weighted by molar-refractivity contribution is 0.0948. The van der Waals surface area contributed by atoms with Crippen molar-refractivity contribution in [2.24, 2.45) is 5.92 Å². The van der Waals surface area contributed by atoms with E-state index in [9.17, 15) is 9.59 Å². The van der Waals surface area contributed by atoms with Crippen LogP contribution < -0.4 is 15.8 Å². The van der Waals surface area contributed by atoms with Crippen LogP contribution >= 0.6 is 11.3 Å². The number of rotatable bonds is 4. The molecule has 3 aromatic rings. The molecule has 2 aromatic heterocycles. The van der Waals surface area contributed by atoms with E-state index < -0.39 is 11.5 Å². The number of nitrogens with zero attached hydrogens (tertiary/aromatic N) is 4. The zero-order chi connectivity index (χ0) is 19.7. The molecule has 1 N–H and O–H groups in total. The fourth-order valence-corrected chi connectivity index (χ4v) is 4.40. The Balaban J connectivity index is 1.56. The summed E-state index contributed by atoms with van der Waals surface area (Å²) in [6.07, 6.45) is 3.68. The topological polar surface area (TPSA) is 79.6 Å². The summed E-state index contributed by atoms with van der Waals surface area (Å²) in [5.41, 5.74) is 1.68. The number of fused-ring (bicyclic) bond motifs is 1. The van der Waals surface area contributed by atoms with E-state index in [0.717, 1.165) is 35.8 Å². The Bertz CT molecular complexity index is 1070. The van der Waals surface area contributed by atoms with Crippen LogP contribution in [-0.4, -0.2) is 33.6 Å². The number of aromatic nitrogens is 3. The summed E-state index contributed by atoms with van der Waals surface area (Å²) < 4.78 is 1.25. The molecule has 0 saturated carbocycles. The zero-order valence-electron chi connectivity index (χ0n) is 16.0. The lowest BCUT2D eigenvalue weighted by atomic mass is 10.0. The van der Waals surface area contributed by atoms with Gasteiger partial charge < -0.3 is 10.2 Å². The van der Waals surface area contributed by atoms with Crippen LogP contribution in [0.25, 0.3) is 4.96 Å². The Hall–Kier alpha value is -2.74. The van der Waals surface area contributed by atoms with Crippen molar-refractivity contribution in [2.75, 3.05) is 18.0 Å². The molecule has 1 atom stereocenters. The molecule has 7 nitrogen and oxygen atoms in total. The molecule has 1 aliphatic heterocycles. The average molecular weight is 398 g/mol. The SMILES string of the molecule is Cc1ccccc1CNC(=O)c1cnc2sc(N3CCC[C@H](C)C3)nn2c1=O. The highest BCUT2D eigenvalue weighted by Gasteiger charge is 2.22. The van der Waals surface area contributed by atoms with E-state index in [1.807, 2.05) is 31.2 Å². The van der Waals surface area contributed by atoms with Gasteiger partial charge in [-0.25, -0.2) is 4.98 Å². The van der Waals surface area contributed by atoms with E-state index in [1.54, 1.807) is 0 Å². The number of carbonyl (C=O) groups excluding carboxylic acids is 1. The van der Waals surface area contributed by atoms with Crippen molar-refractivity contribution in [3.63, 3.8) is 0 Å². The van der Waals surface area contributed by atoms with Gasteiger partial charge in [0.05, 0.1) is 0 Å². The largest absolute Gasteiger partial charge is 0.348 e. The molecule has 1 fully saturated rings. The van der Waals surface area contributed by atoms with Crippen molar-refractivity contribution in [1.29, 1.82) is 0 Å². The maximum absolute atomic E-state index is 12.8. The number of aryl methyl sites for hydroxylation is 1. The predicted octanol–water partition coefficient (Wildman–Crippen LogP) is 2.63. The van der Waals surface area contributed by atoms with Crippen molar-refractivity contribution >= 4 is 27.3 Å². The van der Waals surface area contributed by atoms with Gasteiger partial charge >= 0.3 is 0 Å². The van der Waals surface area contributed by atoms with Gasteiger partial charge in [-0.2, -0.15) is 4.52 Å². The first kappa shape index (κ1) is 18.6. The van der Waals surface area contributed by atoms with E-state index in [4.69, 9.17) is 0 Å². The van der Waals surface area contributed by atoms with Gasteiger partial charge in [0, 0.05) is 25.8 Å². The van der Waals surface area contributed by atoms with Crippen molar-refractivity contribution in [2.45, 2.75) is 33.2 Å². The predicted molar refractivity (Wildman–Crippen MR) is 110 cm³/mol. The van der Waals surface area contributed by atoms with Gasteiger partial charge in [0.1, 0.15) is 5.56 Å². The third kappa shape index (κ3) is 3.64. The first-order valence-corrected chi connectivity index (χ1v) is 10.3. The van der Waals surface area contributed by atoms with E-state index in [0.29, 0.717) is 17.4 Å². The lowest BCUT2D eigenvalue weighted by Gasteiger charge is -2.30. The second kappa shape index (κ2) is 7.71. The quantitative estimate of drug-likeness (QED) is 0.732. The van der Waals surface area contributed by atoms with Crippen LogP contribution in [0.15, 0.2) is 35.3 Å². The normalized spacial score (nSPS) is 17.1. The van der Waals surface area contributed by atoms with Crippen molar-refractivity contribution in [3.8, 4) is 0 Å². The minimum absolute atomic E-state index is 0.00921. The smallest absolute Gasteiger partial charge is 0.288 e. The zero-order valence-corrected chi connectivity index (χ0v) is 16.8. The maximum atomic E-state index is 12.8. The molecule has 1 saturated heterocycles. The number of hydrogen-bond donors (Lipinski definition) is 1. The molecular weight excluding hydrogens is 374 g/mol. The number of benzene rings is 1. The van der Waals surface area contributed by atoms with E-state index in [1.165, 1.54) is 28.5 Å². The molecule has 3 heterocycles. The number of nitrogens with one attached hydrogen (secondary N) is 1. The summed E-state index contributed by atoms with van der Waals surface area (Å²) in [6.45, 7) is 6.44. The summed E-state index contributed by atoms with van der Waals surface area (Å²) in [4.78, 5) is 32.4. The minimum Gasteiger partial charge on any atom is -0.348 e. The van der Waals surface area contributed by atoms with Gasteiger partial charge in [0.2, 0.25) is 10.1 Å². The van der Waals surface area contributed by atoms with Gasteiger partial charge in [-0.05, 0) is 36.8 Å². The standard InChI is InChI=1S/C20H23N5O2S/c1-13-6-5-9-24(12-13)20-23-25-18(27)16(11-22-19(25)28-20)17(26)21-10-15-8-4-3-7-14(15)2/h3-4,7-8,11,13H,5-6,9-10,12H2,1-2H3,(H,21,26)/t13-/m0/s1. The molecule has 146 valence electrons. The van der Waals surface area contributed by atoms with Crippen LogP contribution in [0.5, 0.6) is 0 Å². The molecular formula is C20H23N5O2S. The molecule has 0 aliphatic carbocycles. The monoisotopic (exact) mass is 397 g/mol. The molecule has 4 rings (SSSR count). The van der Waals surface area contributed by atoms with E-state index in [-0.39, 0.29) is 5.56 Å². The van der Waals surface area contributed by atoms with Crippen LogP contribution in [0.1, 0.15) is 41.3 Å². The van der Waals surface area contributed by atoms with Gasteiger partial charge in [-0.3, -0.25) is 9.59 Å². The number of anilines is 1. The summed E-state index contributed by atoms with van der Waals surface area (Å²) in [5, 5.41) is 8.05. The van der Waals surface area contributed by atoms with Crippen LogP contribution in [0.2, 0.25) is 0 Å². The average Bonchev–Trinajstić information content (AvgIpc) is 3.13. The third-order valence-corrected chi connectivity index (χ3v) is 6.13. The van der Waals surface area contributed by atoms with Crippen LogP contribution in [0, 0.1) is 12.8 Å². The molecule has 28 heavy (non-hydrogen) atoms. The highest BCUT2D eigenvalue weighted by Crippen LogP contribution is 2.26. The van der Waals surface area contributed by atoms with Gasteiger partial charge in [0.15, 0.2) is 0 Å². The van der Waals surface area contributed by atoms with Crippen molar-refractivity contribution in [3.05, 3.63) is 57.5 Å². The van der Waals surface area contributed by atoms with Gasteiger partial charge in [-0.1, -0.05) is 42.5 Å². The van der Waals surface area contributed by atoms with Crippen LogP contribution in [0.4, 0.5) is 5.13 Å². The third-order valence-electron chi connectivity index (χ3n) is 5.15. The summed E-state index contributed by atoms with van der Waals surface area (Å²) in [6, 6.07) is 7.82. The fourth-order valence-electron chi connectivity index (χ4n) is 3.50. The van der Waals surface area contributed by atoms with Gasteiger partial charge in [-0.15, -0.1) is 5.10 Å². The van der Waals surface area contributed by atoms with Gasteiger partial charge in [0.25, 0.3) is 11.5 Å². The molecule has 0 radical (unpaired) electrons. The molecule has 1 aromatic carbocycles. The Morgan fingerprint density at radius 2 is 2.18 bits per heavy atom. The van der Waals surface area contributed by atoms with E-state index >= 15 is 0 Å². The number of piperidine rings is 1. The highest BCUT2D eigenvalue weighted by atomic mass is 32.1. The number of amides is 1. The summed E-state index contributed by atoms with van der Waals surface area (Å²) in [7, 11) is 0. The Labute approximate surface area is 167 Å². The summed E-state index contributed by atoms with van der Waals surface area (Å²) in [5.74, 6) is 0.171. The second-order valence-corrected chi connectivity index (χ2v) is 8.29. The second-order valence-electron chi connectivity index (χ2n) is 7.36. The first-order chi connectivity index (χ1) is 13.5. The first-order valence-electron chi connectivity index (χ1n) is 9.49. The molecule has 1 amide bonds. The Morgan fingerprint density at radius 3 is 2.96 bits per heavy atom. The fraction of sp³-hybridized carbons (Fsp3) is 0.400. The lowest BCUT2D eigenvalue weighted by Crippen LogP contribution is -2.34. The Morgan fingerprint density at radius 1 is 1.36 bits per heavy atom. The summed E-state index contributed by atoms with van der Waals surface area (Å²) >= 11 is 1.39. The van der Waals surface area contributed by atoms with Crippen LogP contribution in [0.3, 0.4) is 0 Å². The Kier molecular flexibility index (Phi) is 5.13. The van der Waals surface area contributed by atoms with Crippen LogP contribution in [-0.2, 0) is 6.54 Å². The maximum Gasteiger partial charge on any atom is 0.288 e. The molecule has 0 spiro atoms.